The summed E-state index contributed by atoms with van der Waals surface area (Å²) in [6.07, 6.45) is 1.25. The molecule has 7 heteroatoms. The average molecular weight is 406 g/mol. The number of nitrogens with zero attached hydrogens (tertiary/aromatic N) is 1. The molecule has 0 fully saturated rings. The largest absolute Gasteiger partial charge is 0.478 e. The minimum atomic E-state index is -1.06. The molecular weight excluding hydrogens is 399 g/mol. The highest BCUT2D eigenvalue weighted by Gasteiger charge is 2.10. The van der Waals surface area contributed by atoms with E-state index in [1.807, 2.05) is 18.2 Å². The number of aromatic carboxylic acids is 1. The highest BCUT2D eigenvalue weighted by Crippen LogP contribution is 2.30. The monoisotopic (exact) mass is 404 g/mol. The van der Waals surface area contributed by atoms with Crippen molar-refractivity contribution in [3.63, 3.8) is 0 Å². The fourth-order valence-corrected chi connectivity index (χ4v) is 2.73. The Bertz CT molecular complexity index is 650. The van der Waals surface area contributed by atoms with Crippen LogP contribution in [0.25, 0.3) is 0 Å². The lowest BCUT2D eigenvalue weighted by Gasteiger charge is -2.10. The van der Waals surface area contributed by atoms with E-state index in [0.717, 1.165) is 14.6 Å². The van der Waals surface area contributed by atoms with E-state index in [2.05, 4.69) is 42.2 Å². The zero-order chi connectivity index (χ0) is 14.0. The summed E-state index contributed by atoms with van der Waals surface area (Å²) >= 11 is 12.8. The summed E-state index contributed by atoms with van der Waals surface area (Å²) in [5, 5.41) is 12.1. The minimum Gasteiger partial charge on any atom is -0.478 e. The summed E-state index contributed by atoms with van der Waals surface area (Å²) in [6, 6.07) is 6.94. The molecule has 0 radical (unpaired) electrons. The molecule has 0 aliphatic carbocycles. The normalized spacial score (nSPS) is 10.3. The van der Waals surface area contributed by atoms with Gasteiger partial charge in [0.1, 0.15) is 5.82 Å². The molecule has 0 amide bonds. The smallest absolute Gasteiger partial charge is 0.337 e. The third-order valence-electron chi connectivity index (χ3n) is 2.27. The van der Waals surface area contributed by atoms with Gasteiger partial charge in [0, 0.05) is 15.1 Å². The number of carboxylic acid groups (broad SMARTS) is 1. The quantitative estimate of drug-likeness (QED) is 0.776. The Morgan fingerprint density at radius 2 is 2.05 bits per heavy atom. The van der Waals surface area contributed by atoms with Crippen molar-refractivity contribution in [2.45, 2.75) is 0 Å². The van der Waals surface area contributed by atoms with Gasteiger partial charge in [-0.15, -0.1) is 0 Å². The standard InChI is InChI=1S/C12H7Br2ClN2O2/c13-7-1-2-10(8(14)4-7)17-11-9(15)3-6(5-16-11)12(18)19/h1-5H,(H,16,17)(H,18,19). The predicted molar refractivity (Wildman–Crippen MR) is 81.3 cm³/mol. The molecule has 2 rings (SSSR count). The van der Waals surface area contributed by atoms with Crippen molar-refractivity contribution in [3.05, 3.63) is 50.0 Å². The van der Waals surface area contributed by atoms with E-state index in [-0.39, 0.29) is 10.6 Å². The molecule has 0 atom stereocenters. The molecule has 0 saturated carbocycles. The molecule has 0 bridgehead atoms. The predicted octanol–water partition coefficient (Wildman–Crippen LogP) is 4.70. The van der Waals surface area contributed by atoms with E-state index in [4.69, 9.17) is 16.7 Å². The molecule has 0 spiro atoms. The fraction of sp³-hybridized carbons (Fsp3) is 0. The zero-order valence-corrected chi connectivity index (χ0v) is 13.3. The summed E-state index contributed by atoms with van der Waals surface area (Å²) < 4.78 is 1.77. The summed E-state index contributed by atoms with van der Waals surface area (Å²) in [4.78, 5) is 14.8. The molecule has 0 unspecified atom stereocenters. The summed E-state index contributed by atoms with van der Waals surface area (Å²) in [5.41, 5.74) is 0.825. The first-order valence-corrected chi connectivity index (χ1v) is 7.04. The van der Waals surface area contributed by atoms with Gasteiger partial charge in [-0.05, 0) is 40.2 Å². The summed E-state index contributed by atoms with van der Waals surface area (Å²) in [6.45, 7) is 0. The van der Waals surface area contributed by atoms with E-state index in [1.165, 1.54) is 12.3 Å². The third kappa shape index (κ3) is 3.46. The van der Waals surface area contributed by atoms with Crippen LogP contribution in [-0.4, -0.2) is 16.1 Å². The van der Waals surface area contributed by atoms with E-state index in [1.54, 1.807) is 0 Å². The first-order chi connectivity index (χ1) is 8.97. The lowest BCUT2D eigenvalue weighted by Crippen LogP contribution is -2.00. The minimum absolute atomic E-state index is 0.0467. The number of aromatic nitrogens is 1. The van der Waals surface area contributed by atoms with Crippen LogP contribution in [0.3, 0.4) is 0 Å². The topological polar surface area (TPSA) is 62.2 Å². The van der Waals surface area contributed by atoms with Crippen LogP contribution in [0.15, 0.2) is 39.4 Å². The van der Waals surface area contributed by atoms with E-state index in [9.17, 15) is 4.79 Å². The van der Waals surface area contributed by atoms with Gasteiger partial charge in [-0.3, -0.25) is 0 Å². The first-order valence-electron chi connectivity index (χ1n) is 5.08. The number of anilines is 2. The van der Waals surface area contributed by atoms with Gasteiger partial charge in [0.15, 0.2) is 0 Å². The molecule has 2 aromatic rings. The fourth-order valence-electron chi connectivity index (χ4n) is 1.37. The van der Waals surface area contributed by atoms with Crippen molar-refractivity contribution >= 4 is 60.9 Å². The number of nitrogens with one attached hydrogen (secondary N) is 1. The third-order valence-corrected chi connectivity index (χ3v) is 3.71. The van der Waals surface area contributed by atoms with E-state index < -0.39 is 5.97 Å². The Morgan fingerprint density at radius 1 is 1.32 bits per heavy atom. The molecule has 0 aliphatic rings. The Morgan fingerprint density at radius 3 is 2.63 bits per heavy atom. The van der Waals surface area contributed by atoms with Crippen LogP contribution in [0.2, 0.25) is 5.02 Å². The second kappa shape index (κ2) is 5.90. The Kier molecular flexibility index (Phi) is 4.44. The maximum absolute atomic E-state index is 10.8. The van der Waals surface area contributed by atoms with Crippen LogP contribution in [0.4, 0.5) is 11.5 Å². The molecule has 1 heterocycles. The van der Waals surface area contributed by atoms with Crippen molar-refractivity contribution in [3.8, 4) is 0 Å². The number of carbonyl (C=O) groups is 1. The molecule has 1 aromatic heterocycles. The van der Waals surface area contributed by atoms with Crippen LogP contribution in [0, 0.1) is 0 Å². The Hall–Kier alpha value is -1.11. The molecule has 0 aliphatic heterocycles. The van der Waals surface area contributed by atoms with Crippen molar-refractivity contribution in [2.75, 3.05) is 5.32 Å². The maximum Gasteiger partial charge on any atom is 0.337 e. The van der Waals surface area contributed by atoms with Gasteiger partial charge >= 0.3 is 5.97 Å². The number of hydrogen-bond donors (Lipinski definition) is 2. The summed E-state index contributed by atoms with van der Waals surface area (Å²) in [5.74, 6) is -0.666. The number of carboxylic acids is 1. The van der Waals surface area contributed by atoms with Crippen LogP contribution in [0.5, 0.6) is 0 Å². The first kappa shape index (κ1) is 14.3. The van der Waals surface area contributed by atoms with Crippen LogP contribution in [0.1, 0.15) is 10.4 Å². The highest BCUT2D eigenvalue weighted by molar-refractivity contribution is 9.11. The van der Waals surface area contributed by atoms with Gasteiger partial charge in [-0.1, -0.05) is 27.5 Å². The zero-order valence-electron chi connectivity index (χ0n) is 9.32. The van der Waals surface area contributed by atoms with Crippen LogP contribution < -0.4 is 5.32 Å². The van der Waals surface area contributed by atoms with Gasteiger partial charge in [0.2, 0.25) is 0 Å². The Labute approximate surface area is 131 Å². The van der Waals surface area contributed by atoms with E-state index in [0.29, 0.717) is 5.82 Å². The lowest BCUT2D eigenvalue weighted by atomic mass is 10.2. The second-order valence-corrected chi connectivity index (χ2v) is 5.79. The molecule has 19 heavy (non-hydrogen) atoms. The molecule has 4 nitrogen and oxygen atoms in total. The Balaban J connectivity index is 2.31. The SMILES string of the molecule is O=C(O)c1cnc(Nc2ccc(Br)cc2Br)c(Cl)c1. The molecular formula is C12H7Br2ClN2O2. The van der Waals surface area contributed by atoms with Gasteiger partial charge < -0.3 is 10.4 Å². The number of benzene rings is 1. The van der Waals surface area contributed by atoms with Crippen LogP contribution >= 0.6 is 43.5 Å². The van der Waals surface area contributed by atoms with Gasteiger partial charge in [-0.25, -0.2) is 9.78 Å². The van der Waals surface area contributed by atoms with Crippen molar-refractivity contribution < 1.29 is 9.90 Å². The van der Waals surface area contributed by atoms with Crippen molar-refractivity contribution in [1.29, 1.82) is 0 Å². The number of hydrogen-bond acceptors (Lipinski definition) is 3. The van der Waals surface area contributed by atoms with Gasteiger partial charge in [-0.2, -0.15) is 0 Å². The second-order valence-electron chi connectivity index (χ2n) is 3.61. The maximum atomic E-state index is 10.8. The number of rotatable bonds is 3. The van der Waals surface area contributed by atoms with Gasteiger partial charge in [0.05, 0.1) is 16.3 Å². The summed E-state index contributed by atoms with van der Waals surface area (Å²) in [7, 11) is 0. The lowest BCUT2D eigenvalue weighted by molar-refractivity contribution is 0.0696. The van der Waals surface area contributed by atoms with Gasteiger partial charge in [0.25, 0.3) is 0 Å². The molecule has 1 aromatic carbocycles. The molecule has 0 saturated heterocycles. The van der Waals surface area contributed by atoms with Crippen molar-refractivity contribution in [1.82, 2.24) is 4.98 Å². The molecule has 2 N–H and O–H groups in total. The van der Waals surface area contributed by atoms with Crippen molar-refractivity contribution in [2.24, 2.45) is 0 Å². The van der Waals surface area contributed by atoms with E-state index >= 15 is 0 Å². The van der Waals surface area contributed by atoms with Crippen LogP contribution in [-0.2, 0) is 0 Å². The number of halogens is 3. The average Bonchev–Trinajstić information content (AvgIpc) is 2.34. The number of pyridine rings is 1. The molecule has 98 valence electrons. The highest BCUT2D eigenvalue weighted by atomic mass is 79.9.